The lowest BCUT2D eigenvalue weighted by Crippen LogP contribution is -2.20. The normalized spacial score (nSPS) is 10.3. The Bertz CT molecular complexity index is 464. The maximum Gasteiger partial charge on any atom is 0.404 e. The summed E-state index contributed by atoms with van der Waals surface area (Å²) in [6.45, 7) is 0.309. The number of hydrogen-bond donors (Lipinski definition) is 2. The number of amides is 1. The van der Waals surface area contributed by atoms with Gasteiger partial charge in [-0.05, 0) is 11.6 Å². The van der Waals surface area contributed by atoms with Crippen LogP contribution in [-0.4, -0.2) is 20.6 Å². The van der Waals surface area contributed by atoms with Crippen LogP contribution in [0.2, 0.25) is 0 Å². The van der Waals surface area contributed by atoms with Gasteiger partial charge in [-0.3, -0.25) is 0 Å². The molecule has 2 aromatic rings. The van der Waals surface area contributed by atoms with Crippen molar-refractivity contribution in [3.63, 3.8) is 0 Å². The van der Waals surface area contributed by atoms with Crippen molar-refractivity contribution < 1.29 is 9.90 Å². The van der Waals surface area contributed by atoms with Gasteiger partial charge in [-0.15, -0.1) is 0 Å². The summed E-state index contributed by atoms with van der Waals surface area (Å²) >= 11 is 0. The minimum Gasteiger partial charge on any atom is -0.465 e. The van der Waals surface area contributed by atoms with E-state index < -0.39 is 6.09 Å². The molecule has 0 saturated carbocycles. The summed E-state index contributed by atoms with van der Waals surface area (Å²) in [7, 11) is 0. The summed E-state index contributed by atoms with van der Waals surface area (Å²) < 4.78 is 1.85. The Morgan fingerprint density at radius 2 is 2.43 bits per heavy atom. The number of carboxylic acid groups (broad SMARTS) is 1. The van der Waals surface area contributed by atoms with Gasteiger partial charge < -0.3 is 14.8 Å². The first-order valence-corrected chi connectivity index (χ1v) is 4.14. The maximum atomic E-state index is 10.3. The van der Waals surface area contributed by atoms with Gasteiger partial charge in [0.25, 0.3) is 0 Å². The van der Waals surface area contributed by atoms with Crippen molar-refractivity contribution in [1.29, 1.82) is 0 Å². The van der Waals surface area contributed by atoms with E-state index in [1.54, 1.807) is 6.20 Å². The number of nitrogens with zero attached hydrogens (tertiary/aromatic N) is 2. The quantitative estimate of drug-likeness (QED) is 0.747. The predicted molar refractivity (Wildman–Crippen MR) is 50.1 cm³/mol. The Morgan fingerprint density at radius 1 is 1.57 bits per heavy atom. The molecular formula is C9H9N3O2. The molecule has 5 nitrogen and oxygen atoms in total. The molecular weight excluding hydrogens is 182 g/mol. The van der Waals surface area contributed by atoms with E-state index in [2.05, 4.69) is 10.3 Å². The van der Waals surface area contributed by atoms with Crippen LogP contribution in [0, 0.1) is 0 Å². The minimum absolute atomic E-state index is 0.309. The second-order valence-corrected chi connectivity index (χ2v) is 2.89. The highest BCUT2D eigenvalue weighted by atomic mass is 16.4. The number of aromatic nitrogens is 2. The van der Waals surface area contributed by atoms with Gasteiger partial charge in [-0.2, -0.15) is 0 Å². The number of nitrogens with one attached hydrogen (secondary N) is 1. The molecule has 1 amide bonds. The topological polar surface area (TPSA) is 66.6 Å². The molecule has 5 heteroatoms. The van der Waals surface area contributed by atoms with E-state index in [9.17, 15) is 4.79 Å². The van der Waals surface area contributed by atoms with Gasteiger partial charge in [0.15, 0.2) is 0 Å². The minimum atomic E-state index is -1.02. The fourth-order valence-electron chi connectivity index (χ4n) is 1.25. The summed E-state index contributed by atoms with van der Waals surface area (Å²) in [6, 6.07) is 3.69. The number of rotatable bonds is 2. The third-order valence-corrected chi connectivity index (χ3v) is 1.89. The zero-order valence-corrected chi connectivity index (χ0v) is 7.34. The molecule has 0 spiro atoms. The van der Waals surface area contributed by atoms with Gasteiger partial charge in [0.2, 0.25) is 0 Å². The Hall–Kier alpha value is -2.04. The van der Waals surface area contributed by atoms with Crippen LogP contribution in [0.1, 0.15) is 5.56 Å². The highest BCUT2D eigenvalue weighted by molar-refractivity contribution is 5.64. The third kappa shape index (κ3) is 1.66. The lowest BCUT2D eigenvalue weighted by molar-refractivity contribution is 0.194. The van der Waals surface area contributed by atoms with E-state index in [-0.39, 0.29) is 0 Å². The first kappa shape index (κ1) is 8.55. The molecule has 0 fully saturated rings. The molecule has 2 rings (SSSR count). The molecule has 14 heavy (non-hydrogen) atoms. The van der Waals surface area contributed by atoms with Gasteiger partial charge in [0.1, 0.15) is 5.65 Å². The summed E-state index contributed by atoms with van der Waals surface area (Å²) in [5.41, 5.74) is 1.75. The summed E-state index contributed by atoms with van der Waals surface area (Å²) in [6.07, 6.45) is 4.34. The first-order valence-electron chi connectivity index (χ1n) is 4.14. The molecule has 0 aliphatic heterocycles. The number of hydrogen-bond acceptors (Lipinski definition) is 2. The van der Waals surface area contributed by atoms with Crippen LogP contribution in [0.3, 0.4) is 0 Å². The average molecular weight is 191 g/mol. The van der Waals surface area contributed by atoms with E-state index in [1.807, 2.05) is 28.9 Å². The number of carbonyl (C=O) groups is 1. The second-order valence-electron chi connectivity index (χ2n) is 2.89. The van der Waals surface area contributed by atoms with Crippen LogP contribution in [0.4, 0.5) is 4.79 Å². The standard InChI is InChI=1S/C9H9N3O2/c13-9(14)11-5-7-1-2-8-10-3-4-12(8)6-7/h1-4,6,11H,5H2,(H,13,14). The van der Waals surface area contributed by atoms with Crippen LogP contribution >= 0.6 is 0 Å². The van der Waals surface area contributed by atoms with Crippen LogP contribution in [0.25, 0.3) is 5.65 Å². The highest BCUT2D eigenvalue weighted by Gasteiger charge is 1.98. The highest BCUT2D eigenvalue weighted by Crippen LogP contribution is 2.04. The molecule has 0 atom stereocenters. The molecule has 0 unspecified atom stereocenters. The Balaban J connectivity index is 2.21. The number of fused-ring (bicyclic) bond motifs is 1. The van der Waals surface area contributed by atoms with Crippen molar-refractivity contribution in [2.75, 3.05) is 0 Å². The lowest BCUT2D eigenvalue weighted by Gasteiger charge is -2.01. The van der Waals surface area contributed by atoms with Crippen LogP contribution < -0.4 is 5.32 Å². The smallest absolute Gasteiger partial charge is 0.404 e. The van der Waals surface area contributed by atoms with E-state index in [0.29, 0.717) is 6.54 Å². The first-order chi connectivity index (χ1) is 6.75. The van der Waals surface area contributed by atoms with Gasteiger partial charge in [0.05, 0.1) is 0 Å². The monoisotopic (exact) mass is 191 g/mol. The molecule has 2 heterocycles. The van der Waals surface area contributed by atoms with Gasteiger partial charge in [-0.1, -0.05) is 6.07 Å². The average Bonchev–Trinajstić information content (AvgIpc) is 2.61. The number of pyridine rings is 1. The molecule has 0 radical (unpaired) electrons. The maximum absolute atomic E-state index is 10.3. The second kappa shape index (κ2) is 3.37. The zero-order chi connectivity index (χ0) is 9.97. The summed E-state index contributed by atoms with van der Waals surface area (Å²) in [5, 5.41) is 10.7. The van der Waals surface area contributed by atoms with E-state index in [4.69, 9.17) is 5.11 Å². The molecule has 2 N–H and O–H groups in total. The fraction of sp³-hybridized carbons (Fsp3) is 0.111. The van der Waals surface area contributed by atoms with Gasteiger partial charge in [0, 0.05) is 25.1 Å². The Kier molecular flexibility index (Phi) is 2.06. The predicted octanol–water partition coefficient (Wildman–Crippen LogP) is 1.10. The van der Waals surface area contributed by atoms with E-state index in [1.165, 1.54) is 0 Å². The molecule has 0 saturated heterocycles. The van der Waals surface area contributed by atoms with E-state index in [0.717, 1.165) is 11.2 Å². The Labute approximate surface area is 80.0 Å². The fourth-order valence-corrected chi connectivity index (χ4v) is 1.25. The van der Waals surface area contributed by atoms with Gasteiger partial charge >= 0.3 is 6.09 Å². The third-order valence-electron chi connectivity index (χ3n) is 1.89. The zero-order valence-electron chi connectivity index (χ0n) is 7.34. The molecule has 0 bridgehead atoms. The van der Waals surface area contributed by atoms with Gasteiger partial charge in [-0.25, -0.2) is 9.78 Å². The van der Waals surface area contributed by atoms with Crippen LogP contribution in [0.5, 0.6) is 0 Å². The van der Waals surface area contributed by atoms with Crippen molar-refractivity contribution >= 4 is 11.7 Å². The number of imidazole rings is 1. The van der Waals surface area contributed by atoms with Crippen LogP contribution in [0.15, 0.2) is 30.7 Å². The van der Waals surface area contributed by atoms with Crippen molar-refractivity contribution in [2.45, 2.75) is 6.54 Å². The Morgan fingerprint density at radius 3 is 3.21 bits per heavy atom. The van der Waals surface area contributed by atoms with E-state index >= 15 is 0 Å². The molecule has 2 aromatic heterocycles. The van der Waals surface area contributed by atoms with Crippen molar-refractivity contribution in [1.82, 2.24) is 14.7 Å². The molecule has 72 valence electrons. The summed E-state index contributed by atoms with van der Waals surface area (Å²) in [4.78, 5) is 14.3. The molecule has 0 aromatic carbocycles. The molecule has 0 aliphatic carbocycles. The van der Waals surface area contributed by atoms with Crippen LogP contribution in [-0.2, 0) is 6.54 Å². The largest absolute Gasteiger partial charge is 0.465 e. The van der Waals surface area contributed by atoms with Crippen molar-refractivity contribution in [2.24, 2.45) is 0 Å². The van der Waals surface area contributed by atoms with Crippen molar-refractivity contribution in [3.8, 4) is 0 Å². The molecule has 0 aliphatic rings. The lowest BCUT2D eigenvalue weighted by atomic mass is 10.3. The van der Waals surface area contributed by atoms with Crippen molar-refractivity contribution in [3.05, 3.63) is 36.3 Å². The SMILES string of the molecule is O=C(O)NCc1ccc2nccn2c1. The summed E-state index contributed by atoms with van der Waals surface area (Å²) in [5.74, 6) is 0.